The van der Waals surface area contributed by atoms with Gasteiger partial charge in [0.05, 0.1) is 109 Å². The van der Waals surface area contributed by atoms with Crippen molar-refractivity contribution in [1.29, 1.82) is 0 Å². The molecular formula is C69H146O16P7S14+. The van der Waals surface area contributed by atoms with Crippen LogP contribution in [-0.2, 0) is 139 Å². The largest absolute Gasteiger partial charge is 0.481 e. The predicted molar refractivity (Wildman–Crippen MR) is 504 cm³/mol. The molecule has 0 amide bonds. The predicted octanol–water partition coefficient (Wildman–Crippen LogP) is 28.6. The second kappa shape index (κ2) is 56.7. The molecule has 0 aliphatic carbocycles. The number of carboxylic acid groups (broad SMARTS) is 1. The van der Waals surface area contributed by atoms with E-state index in [1.807, 2.05) is 41.5 Å². The number of aliphatic carboxylic acids is 1. The van der Waals surface area contributed by atoms with Crippen molar-refractivity contribution in [3.05, 3.63) is 0 Å². The minimum Gasteiger partial charge on any atom is -0.481 e. The zero-order chi connectivity index (χ0) is 81.9. The van der Waals surface area contributed by atoms with Crippen LogP contribution in [0.2, 0.25) is 0 Å². The number of carbonyl (C=O) groups is 1. The zero-order valence-corrected chi connectivity index (χ0v) is 87.7. The third kappa shape index (κ3) is 57.4. The van der Waals surface area contributed by atoms with E-state index >= 15 is 0 Å². The topological polar surface area (TPSA) is 167 Å². The molecule has 636 valence electrons. The summed E-state index contributed by atoms with van der Waals surface area (Å²) >= 11 is 53.8. The fraction of sp³-hybridized carbons (Fsp3) is 0.986. The molecule has 37 heteroatoms. The molecule has 16 atom stereocenters. The summed E-state index contributed by atoms with van der Waals surface area (Å²) in [5.41, 5.74) is -18.5. The van der Waals surface area contributed by atoms with Gasteiger partial charge in [-0.3, -0.25) is 4.79 Å². The van der Waals surface area contributed by atoms with Crippen molar-refractivity contribution in [2.45, 2.75) is 351 Å². The molecule has 0 aliphatic heterocycles. The van der Waals surface area contributed by atoms with Crippen LogP contribution in [0, 0.1) is 47.3 Å². The molecule has 106 heavy (non-hydrogen) atoms. The lowest BCUT2D eigenvalue weighted by atomic mass is 10.1. The van der Waals surface area contributed by atoms with Crippen LogP contribution in [0.4, 0.5) is 0 Å². The SMILES string of the molecule is CC(C)CC(C)OP(=S)(OC(C)CC(C)C)SCC(C)OP(=S)(OC(C)CSP(=S)(OC(C)CC(C)C)OC(C)CC(C)C)SCC(C)OP(=S)(OC(C)CSP(=S)(OC(C)CSP(=S)(OC(C)CC(C)C)OC(C)CC(C)C)OC(C)CS[P+](S)(OC(C)CC(C)C)OC(C)CC(C)C)SCCC(=O)O. The number of carboxylic acids is 1. The van der Waals surface area contributed by atoms with Gasteiger partial charge in [0.1, 0.15) is 12.2 Å². The van der Waals surface area contributed by atoms with Crippen LogP contribution in [0.1, 0.15) is 265 Å². The molecule has 0 aromatic heterocycles. The van der Waals surface area contributed by atoms with Crippen molar-refractivity contribution in [1.82, 2.24) is 0 Å². The minimum absolute atomic E-state index is 0.0827. The van der Waals surface area contributed by atoms with E-state index in [9.17, 15) is 9.90 Å². The third-order valence-corrected chi connectivity index (χ3v) is 53.0. The molecule has 0 aliphatic rings. The quantitative estimate of drug-likeness (QED) is 0.0436. The lowest BCUT2D eigenvalue weighted by molar-refractivity contribution is -0.136. The first-order valence-corrected chi connectivity index (χ1v) is 67.8. The van der Waals surface area contributed by atoms with E-state index in [0.29, 0.717) is 81.9 Å². The van der Waals surface area contributed by atoms with Crippen molar-refractivity contribution < 1.29 is 73.2 Å². The molecule has 0 saturated heterocycles. The lowest BCUT2D eigenvalue weighted by Crippen LogP contribution is -2.19. The Hall–Kier alpha value is 6.04. The van der Waals surface area contributed by atoms with E-state index in [1.165, 1.54) is 79.7 Å². The van der Waals surface area contributed by atoms with Crippen LogP contribution in [0.5, 0.6) is 0 Å². The van der Waals surface area contributed by atoms with Crippen LogP contribution in [0.25, 0.3) is 0 Å². The van der Waals surface area contributed by atoms with Crippen molar-refractivity contribution in [3.8, 4) is 0 Å². The van der Waals surface area contributed by atoms with E-state index in [1.54, 1.807) is 0 Å². The summed E-state index contributed by atoms with van der Waals surface area (Å²) in [7, 11) is 0. The lowest BCUT2D eigenvalue weighted by Gasteiger charge is -2.33. The summed E-state index contributed by atoms with van der Waals surface area (Å²) in [4.78, 5) is 12.1. The summed E-state index contributed by atoms with van der Waals surface area (Å²) in [5, 5.41) is 9.93. The molecule has 0 rings (SSSR count). The molecule has 0 heterocycles. The molecule has 0 spiro atoms. The highest BCUT2D eigenvalue weighted by molar-refractivity contribution is 8.87. The molecule has 0 aromatic carbocycles. The smallest absolute Gasteiger partial charge is 0.393 e. The normalized spacial score (nSPS) is 20.9. The Labute approximate surface area is 713 Å². The standard InChI is InChI=1S/C69H145O16P7S14/c1-47(2)33-55(17)72-87(94,73-56(18)34-48(3)4)101-43-65(27)82-91(98,83-66(28)44-102-88(95,74-57(19)35-49(5)6)75-58(20)36-50(7)8)105-41-63(25)80-86(93,100-32-31-69(70)71)81-64(26)42-106-92(99,84-67(29)45-103-89(96,76-59(21)37-51(9)10)77-60(22)38-52(11)12)85-68(30)46-104-90(97,78-61(23)39-53(13)14)79-62(24)40-54(15)16/h47-68,94H,31-46H2,1-30H3/p+1. The van der Waals surface area contributed by atoms with Gasteiger partial charge in [0.25, 0.3) is 0 Å². The molecular weight excluding hydrogens is 1750 g/mol. The highest BCUT2D eigenvalue weighted by Gasteiger charge is 2.46. The highest BCUT2D eigenvalue weighted by atomic mass is 33.1. The number of rotatable bonds is 66. The Bertz CT molecular complexity index is 2550. The fourth-order valence-corrected chi connectivity index (χ4v) is 50.4. The molecule has 16 nitrogen and oxygen atoms in total. The first-order chi connectivity index (χ1) is 48.5. The molecule has 0 saturated carbocycles. The van der Waals surface area contributed by atoms with Gasteiger partial charge in [-0.2, -0.15) is 9.05 Å². The van der Waals surface area contributed by atoms with Gasteiger partial charge in [-0.05, 0) is 266 Å². The monoisotopic (exact) mass is 1900 g/mol. The number of hydrogen-bond donors (Lipinski definition) is 2. The Morgan fingerprint density at radius 3 is 0.623 bits per heavy atom. The summed E-state index contributed by atoms with van der Waals surface area (Å²) < 4.78 is 95.4. The molecule has 0 radical (unpaired) electrons. The van der Waals surface area contributed by atoms with Gasteiger partial charge in [0, 0.05) is 34.5 Å². The first-order valence-electron chi connectivity index (χ1n) is 38.0. The first kappa shape index (κ1) is 112. The fourth-order valence-electron chi connectivity index (χ4n) is 11.0. The van der Waals surface area contributed by atoms with Crippen molar-refractivity contribution >= 4 is 209 Å². The highest BCUT2D eigenvalue weighted by Crippen LogP contribution is 2.78. The van der Waals surface area contributed by atoms with Gasteiger partial charge in [-0.25, -0.2) is 0 Å². The maximum absolute atomic E-state index is 12.1. The van der Waals surface area contributed by atoms with Gasteiger partial charge >= 0.3 is 12.1 Å². The molecule has 0 fully saturated rings. The maximum Gasteiger partial charge on any atom is 0.393 e. The number of hydrogen-bond acceptors (Lipinski definition) is 29. The van der Waals surface area contributed by atoms with Crippen LogP contribution < -0.4 is 0 Å². The second-order valence-corrected chi connectivity index (χ2v) is 76.0. The average Bonchev–Trinajstić information content (AvgIpc) is 0.847. The van der Waals surface area contributed by atoms with Crippen LogP contribution in [-0.4, -0.2) is 137 Å². The van der Waals surface area contributed by atoms with Crippen LogP contribution >= 0.6 is 132 Å². The zero-order valence-electron chi connectivity index (χ0n) is 70.0. The van der Waals surface area contributed by atoms with Gasteiger partial charge in [-0.15, -0.1) is 0 Å². The van der Waals surface area contributed by atoms with E-state index in [4.69, 9.17) is 146 Å². The average molecular weight is 1900 g/mol. The Kier molecular flexibility index (Phi) is 59.9. The summed E-state index contributed by atoms with van der Waals surface area (Å²) in [6.45, 7) is 63.1. The summed E-state index contributed by atoms with van der Waals surface area (Å²) in [5.74, 6) is 4.82. The van der Waals surface area contributed by atoms with Crippen molar-refractivity contribution in [2.24, 2.45) is 47.3 Å². The van der Waals surface area contributed by atoms with Gasteiger partial charge in [0.2, 0.25) is 34.2 Å². The van der Waals surface area contributed by atoms with Gasteiger partial charge < -0.3 is 59.4 Å². The second-order valence-electron chi connectivity index (χ2n) is 31.8. The Balaban J connectivity index is 7.63. The van der Waals surface area contributed by atoms with E-state index in [-0.39, 0.29) is 61.0 Å². The van der Waals surface area contributed by atoms with E-state index < -0.39 is 82.9 Å². The van der Waals surface area contributed by atoms with Crippen molar-refractivity contribution in [2.75, 3.05) is 40.3 Å². The molecule has 0 aromatic rings. The third-order valence-electron chi connectivity index (χ3n) is 14.1. The number of thiol groups is 1. The molecule has 1 N–H and O–H groups in total. The van der Waals surface area contributed by atoms with Crippen molar-refractivity contribution in [3.63, 3.8) is 0 Å². The van der Waals surface area contributed by atoms with Gasteiger partial charge in [0.15, 0.2) is 0 Å². The van der Waals surface area contributed by atoms with E-state index in [0.717, 1.165) is 51.4 Å². The Morgan fingerprint density at radius 2 is 0.443 bits per heavy atom. The molecule has 16 unspecified atom stereocenters. The summed E-state index contributed by atoms with van der Waals surface area (Å²) in [6, 6.07) is 0. The van der Waals surface area contributed by atoms with Crippen LogP contribution in [0.15, 0.2) is 0 Å². The minimum atomic E-state index is -3.35. The van der Waals surface area contributed by atoms with Gasteiger partial charge in [-0.1, -0.05) is 179 Å². The van der Waals surface area contributed by atoms with E-state index in [2.05, 4.69) is 166 Å². The maximum atomic E-state index is 12.1. The molecule has 0 bridgehead atoms. The Morgan fingerprint density at radius 1 is 0.283 bits per heavy atom. The van der Waals surface area contributed by atoms with Crippen LogP contribution in [0.3, 0.4) is 0 Å². The summed E-state index contributed by atoms with van der Waals surface area (Å²) in [6.07, 6.45) is 0.0563.